The molecule has 198 valence electrons. The van der Waals surface area contributed by atoms with Crippen LogP contribution in [0.1, 0.15) is 30.0 Å². The number of hydrogen-bond acceptors (Lipinski definition) is 6. The third-order valence-electron chi connectivity index (χ3n) is 6.35. The van der Waals surface area contributed by atoms with Gasteiger partial charge in [-0.1, -0.05) is 61.2 Å². The molecule has 1 amide bonds. The van der Waals surface area contributed by atoms with Gasteiger partial charge in [-0.2, -0.15) is 5.10 Å². The highest BCUT2D eigenvalue weighted by molar-refractivity contribution is 8.26. The van der Waals surface area contributed by atoms with Crippen molar-refractivity contribution in [1.29, 1.82) is 0 Å². The standard InChI is InChI=1S/C31H29N3O3S2/c1-4-16-37-26-14-15-27(21(2)17-26)29-23(20-34(32-29)24-8-6-5-7-9-24)18-28-30(35)33(31(38)39-28)19-22-10-12-25(36-3)13-11-22/h5-15,17-18,20H,4,16,19H2,1-3H3/b28-18-. The summed E-state index contributed by atoms with van der Waals surface area (Å²) < 4.78 is 13.5. The van der Waals surface area contributed by atoms with Crippen LogP contribution >= 0.6 is 24.0 Å². The Kier molecular flexibility index (Phi) is 8.14. The lowest BCUT2D eigenvalue weighted by atomic mass is 10.0. The third-order valence-corrected chi connectivity index (χ3v) is 7.73. The maximum Gasteiger partial charge on any atom is 0.266 e. The third kappa shape index (κ3) is 5.92. The minimum Gasteiger partial charge on any atom is -0.497 e. The average Bonchev–Trinajstić information content (AvgIpc) is 3.49. The van der Waals surface area contributed by atoms with Gasteiger partial charge < -0.3 is 9.47 Å². The maximum absolute atomic E-state index is 13.5. The van der Waals surface area contributed by atoms with Gasteiger partial charge in [-0.05, 0) is 73.0 Å². The average molecular weight is 556 g/mol. The Labute approximate surface area is 238 Å². The lowest BCUT2D eigenvalue weighted by molar-refractivity contribution is -0.122. The SMILES string of the molecule is CCCOc1ccc(-c2nn(-c3ccccc3)cc2/C=C2\SC(=S)N(Cc3ccc(OC)cc3)C2=O)c(C)c1. The van der Waals surface area contributed by atoms with E-state index in [4.69, 9.17) is 26.8 Å². The molecule has 3 aromatic carbocycles. The van der Waals surface area contributed by atoms with E-state index in [1.54, 1.807) is 12.0 Å². The lowest BCUT2D eigenvalue weighted by Crippen LogP contribution is -2.27. The number of benzene rings is 3. The van der Waals surface area contributed by atoms with Gasteiger partial charge in [0, 0.05) is 17.3 Å². The topological polar surface area (TPSA) is 56.6 Å². The molecule has 2 heterocycles. The first kappa shape index (κ1) is 26.7. The number of thioether (sulfide) groups is 1. The van der Waals surface area contributed by atoms with Gasteiger partial charge in [-0.25, -0.2) is 4.68 Å². The minimum absolute atomic E-state index is 0.112. The van der Waals surface area contributed by atoms with Crippen molar-refractivity contribution in [3.63, 3.8) is 0 Å². The molecule has 0 N–H and O–H groups in total. The highest BCUT2D eigenvalue weighted by Gasteiger charge is 2.32. The highest BCUT2D eigenvalue weighted by Crippen LogP contribution is 2.37. The molecule has 1 aliphatic rings. The zero-order valence-electron chi connectivity index (χ0n) is 22.1. The Bertz CT molecular complexity index is 1530. The highest BCUT2D eigenvalue weighted by atomic mass is 32.2. The van der Waals surface area contributed by atoms with Crippen molar-refractivity contribution < 1.29 is 14.3 Å². The second-order valence-corrected chi connectivity index (χ2v) is 10.8. The number of rotatable bonds is 9. The summed E-state index contributed by atoms with van der Waals surface area (Å²) in [4.78, 5) is 15.7. The van der Waals surface area contributed by atoms with Gasteiger partial charge in [0.15, 0.2) is 0 Å². The molecule has 6 nitrogen and oxygen atoms in total. The van der Waals surface area contributed by atoms with Crippen LogP contribution in [0.4, 0.5) is 0 Å². The van der Waals surface area contributed by atoms with E-state index < -0.39 is 0 Å². The molecule has 1 saturated heterocycles. The molecule has 5 rings (SSSR count). The summed E-state index contributed by atoms with van der Waals surface area (Å²) in [7, 11) is 1.63. The van der Waals surface area contributed by atoms with Crippen LogP contribution in [-0.4, -0.2) is 38.6 Å². The lowest BCUT2D eigenvalue weighted by Gasteiger charge is -2.14. The van der Waals surface area contributed by atoms with Crippen molar-refractivity contribution in [1.82, 2.24) is 14.7 Å². The van der Waals surface area contributed by atoms with Crippen molar-refractivity contribution in [2.24, 2.45) is 0 Å². The number of nitrogens with zero attached hydrogens (tertiary/aromatic N) is 3. The summed E-state index contributed by atoms with van der Waals surface area (Å²) in [6.07, 6.45) is 4.81. The molecule has 1 fully saturated rings. The molecule has 0 bridgehead atoms. The zero-order valence-corrected chi connectivity index (χ0v) is 23.7. The van der Waals surface area contributed by atoms with E-state index in [0.29, 0.717) is 22.4 Å². The molecule has 0 radical (unpaired) electrons. The Balaban J connectivity index is 1.49. The predicted octanol–water partition coefficient (Wildman–Crippen LogP) is 7.05. The van der Waals surface area contributed by atoms with Gasteiger partial charge in [-0.15, -0.1) is 0 Å². The molecule has 0 aliphatic carbocycles. The van der Waals surface area contributed by atoms with Gasteiger partial charge in [-0.3, -0.25) is 9.69 Å². The number of aryl methyl sites for hydroxylation is 1. The first-order chi connectivity index (χ1) is 19.0. The molecule has 8 heteroatoms. The summed E-state index contributed by atoms with van der Waals surface area (Å²) in [5, 5.41) is 4.94. The first-order valence-electron chi connectivity index (χ1n) is 12.7. The minimum atomic E-state index is -0.112. The molecule has 1 aliphatic heterocycles. The van der Waals surface area contributed by atoms with Crippen LogP contribution in [0.2, 0.25) is 0 Å². The van der Waals surface area contributed by atoms with Crippen molar-refractivity contribution in [2.75, 3.05) is 13.7 Å². The van der Waals surface area contributed by atoms with Gasteiger partial charge in [0.1, 0.15) is 21.5 Å². The number of methoxy groups -OCH3 is 1. The van der Waals surface area contributed by atoms with E-state index in [0.717, 1.165) is 51.6 Å². The maximum atomic E-state index is 13.5. The number of hydrogen-bond donors (Lipinski definition) is 0. The number of amides is 1. The second kappa shape index (κ2) is 11.9. The number of carbonyl (C=O) groups excluding carboxylic acids is 1. The van der Waals surface area contributed by atoms with Crippen LogP contribution in [0, 0.1) is 6.92 Å². The van der Waals surface area contributed by atoms with Crippen LogP contribution in [0.25, 0.3) is 23.0 Å². The second-order valence-electron chi connectivity index (χ2n) is 9.15. The van der Waals surface area contributed by atoms with E-state index in [-0.39, 0.29) is 5.91 Å². The fraction of sp³-hybridized carbons (Fsp3) is 0.194. The van der Waals surface area contributed by atoms with Crippen LogP contribution < -0.4 is 9.47 Å². The van der Waals surface area contributed by atoms with Crippen molar-refractivity contribution in [3.8, 4) is 28.4 Å². The molecule has 1 aromatic heterocycles. The fourth-order valence-electron chi connectivity index (χ4n) is 4.32. The summed E-state index contributed by atoms with van der Waals surface area (Å²) in [5.41, 5.74) is 5.57. The number of carbonyl (C=O) groups is 1. The van der Waals surface area contributed by atoms with E-state index in [1.165, 1.54) is 11.8 Å². The summed E-state index contributed by atoms with van der Waals surface area (Å²) in [6.45, 7) is 5.21. The Morgan fingerprint density at radius 2 is 1.77 bits per heavy atom. The Hall–Kier alpha value is -3.88. The number of ether oxygens (including phenoxy) is 2. The van der Waals surface area contributed by atoms with E-state index in [9.17, 15) is 4.79 Å². The quantitative estimate of drug-likeness (QED) is 0.163. The van der Waals surface area contributed by atoms with Crippen molar-refractivity contribution in [2.45, 2.75) is 26.8 Å². The Morgan fingerprint density at radius 1 is 1.03 bits per heavy atom. The largest absolute Gasteiger partial charge is 0.497 e. The molecule has 39 heavy (non-hydrogen) atoms. The fourth-order valence-corrected chi connectivity index (χ4v) is 5.56. The zero-order chi connectivity index (χ0) is 27.4. The predicted molar refractivity (Wildman–Crippen MR) is 161 cm³/mol. The van der Waals surface area contributed by atoms with Gasteiger partial charge >= 0.3 is 0 Å². The van der Waals surface area contributed by atoms with Crippen LogP contribution in [0.15, 0.2) is 83.9 Å². The van der Waals surface area contributed by atoms with E-state index in [2.05, 4.69) is 6.92 Å². The van der Waals surface area contributed by atoms with Gasteiger partial charge in [0.2, 0.25) is 0 Å². The number of aromatic nitrogens is 2. The summed E-state index contributed by atoms with van der Waals surface area (Å²) in [6, 6.07) is 23.6. The van der Waals surface area contributed by atoms with Crippen molar-refractivity contribution >= 4 is 40.3 Å². The van der Waals surface area contributed by atoms with Gasteiger partial charge in [0.05, 0.1) is 30.9 Å². The molecule has 0 spiro atoms. The van der Waals surface area contributed by atoms with Crippen LogP contribution in [-0.2, 0) is 11.3 Å². The molecular weight excluding hydrogens is 526 g/mol. The van der Waals surface area contributed by atoms with Crippen LogP contribution in [0.5, 0.6) is 11.5 Å². The molecule has 0 atom stereocenters. The van der Waals surface area contributed by atoms with Crippen LogP contribution in [0.3, 0.4) is 0 Å². The Morgan fingerprint density at radius 3 is 2.46 bits per heavy atom. The van der Waals surface area contributed by atoms with E-state index in [1.807, 2.05) is 96.7 Å². The van der Waals surface area contributed by atoms with Crippen molar-refractivity contribution in [3.05, 3.63) is 101 Å². The molecule has 0 unspecified atom stereocenters. The smallest absolute Gasteiger partial charge is 0.266 e. The number of para-hydroxylation sites is 1. The number of thiocarbonyl (C=S) groups is 1. The monoisotopic (exact) mass is 555 g/mol. The molecular formula is C31H29N3O3S2. The van der Waals surface area contributed by atoms with E-state index >= 15 is 0 Å². The molecule has 4 aromatic rings. The van der Waals surface area contributed by atoms with Gasteiger partial charge in [0.25, 0.3) is 5.91 Å². The summed E-state index contributed by atoms with van der Waals surface area (Å²) in [5.74, 6) is 1.49. The first-order valence-corrected chi connectivity index (χ1v) is 14.0. The molecule has 0 saturated carbocycles. The summed E-state index contributed by atoms with van der Waals surface area (Å²) >= 11 is 6.92. The normalized spacial score (nSPS) is 14.3.